The fourth-order valence-electron chi connectivity index (χ4n) is 3.80. The van der Waals surface area contributed by atoms with Gasteiger partial charge >= 0.3 is 0 Å². The van der Waals surface area contributed by atoms with Crippen molar-refractivity contribution >= 4 is 35.3 Å². The van der Waals surface area contributed by atoms with Crippen molar-refractivity contribution in [2.75, 3.05) is 43.4 Å². The van der Waals surface area contributed by atoms with Gasteiger partial charge in [-0.15, -0.1) is 0 Å². The summed E-state index contributed by atoms with van der Waals surface area (Å²) in [4.78, 5) is 19.7. The number of aryl methyl sites for hydroxylation is 1. The lowest BCUT2D eigenvalue weighted by atomic mass is 10.3. The van der Waals surface area contributed by atoms with Crippen molar-refractivity contribution in [2.45, 2.75) is 17.0 Å². The molecular weight excluding hydrogens is 446 g/mol. The topological polar surface area (TPSA) is 90.8 Å². The number of piperazine rings is 1. The minimum Gasteiger partial charge on any atom is -0.354 e. The quantitative estimate of drug-likeness (QED) is 0.390. The number of likely N-dealkylation sites (N-methyl/N-ethyl adjacent to an activating group) is 1. The lowest BCUT2D eigenvalue weighted by Crippen LogP contribution is -2.44. The summed E-state index contributed by atoms with van der Waals surface area (Å²) in [7, 11) is 2.15. The van der Waals surface area contributed by atoms with Crippen molar-refractivity contribution in [3.05, 3.63) is 66.9 Å². The maximum absolute atomic E-state index is 4.89. The molecule has 0 bridgehead atoms. The molecule has 4 heterocycles. The number of hydrogen-bond acceptors (Lipinski definition) is 8. The predicted octanol–water partition coefficient (Wildman–Crippen LogP) is 3.98. The monoisotopic (exact) mass is 473 g/mol. The van der Waals surface area contributed by atoms with E-state index in [2.05, 4.69) is 68.2 Å². The molecule has 1 aromatic carbocycles. The van der Waals surface area contributed by atoms with Crippen molar-refractivity contribution in [1.29, 1.82) is 0 Å². The van der Waals surface area contributed by atoms with E-state index in [4.69, 9.17) is 9.97 Å². The van der Waals surface area contributed by atoms with Gasteiger partial charge in [-0.2, -0.15) is 5.10 Å². The van der Waals surface area contributed by atoms with Crippen molar-refractivity contribution in [2.24, 2.45) is 0 Å². The van der Waals surface area contributed by atoms with Crippen molar-refractivity contribution in [3.8, 4) is 5.69 Å². The second kappa shape index (κ2) is 9.70. The van der Waals surface area contributed by atoms with Crippen LogP contribution in [0, 0.1) is 6.92 Å². The van der Waals surface area contributed by atoms with E-state index < -0.39 is 0 Å². The first-order valence-corrected chi connectivity index (χ1v) is 11.9. The third kappa shape index (κ3) is 4.97. The van der Waals surface area contributed by atoms with Crippen LogP contribution in [0.15, 0.2) is 65.4 Å². The fourth-order valence-corrected chi connectivity index (χ4v) is 4.56. The van der Waals surface area contributed by atoms with Crippen LogP contribution in [-0.2, 0) is 0 Å². The third-order valence-corrected chi connectivity index (χ3v) is 6.53. The number of hydrogen-bond donors (Lipinski definition) is 2. The van der Waals surface area contributed by atoms with E-state index in [0.717, 1.165) is 65.7 Å². The minimum absolute atomic E-state index is 0.688. The first-order chi connectivity index (χ1) is 16.6. The van der Waals surface area contributed by atoms with Crippen molar-refractivity contribution in [1.82, 2.24) is 34.6 Å². The Kier molecular flexibility index (Phi) is 6.33. The zero-order chi connectivity index (χ0) is 23.5. The number of imidazole rings is 1. The number of nitrogens with zero attached hydrogens (tertiary/aromatic N) is 7. The molecule has 174 valence electrons. The molecule has 9 nitrogen and oxygen atoms in total. The van der Waals surface area contributed by atoms with E-state index in [-0.39, 0.29) is 0 Å². The van der Waals surface area contributed by atoms with Crippen LogP contribution < -0.4 is 10.2 Å². The number of aromatic amines is 1. The zero-order valence-corrected chi connectivity index (χ0v) is 20.1. The summed E-state index contributed by atoms with van der Waals surface area (Å²) in [6, 6.07) is 12.2. The summed E-state index contributed by atoms with van der Waals surface area (Å²) in [6.07, 6.45) is 5.44. The SMILES string of the molecule is C=Cc1nccn1-c1ccc(Sc2nc(Nc3cc(C)[nH]n3)cc(N3CCN(C)CC3)n2)cc1. The molecule has 1 aliphatic heterocycles. The molecule has 34 heavy (non-hydrogen) atoms. The summed E-state index contributed by atoms with van der Waals surface area (Å²) >= 11 is 1.54. The van der Waals surface area contributed by atoms with Crippen LogP contribution >= 0.6 is 11.8 Å². The Bertz CT molecular complexity index is 1270. The van der Waals surface area contributed by atoms with Gasteiger partial charge in [0.05, 0.1) is 0 Å². The van der Waals surface area contributed by atoms with E-state index in [9.17, 15) is 0 Å². The van der Waals surface area contributed by atoms with Gasteiger partial charge in [0, 0.05) is 67.0 Å². The average molecular weight is 474 g/mol. The van der Waals surface area contributed by atoms with Crippen LogP contribution in [0.1, 0.15) is 11.5 Å². The molecular formula is C24H27N9S. The molecule has 10 heteroatoms. The second-order valence-corrected chi connectivity index (χ2v) is 9.24. The molecule has 2 N–H and O–H groups in total. The Labute approximate surface area is 202 Å². The molecule has 0 spiro atoms. The smallest absolute Gasteiger partial charge is 0.196 e. The van der Waals surface area contributed by atoms with E-state index in [0.29, 0.717) is 5.16 Å². The van der Waals surface area contributed by atoms with Gasteiger partial charge < -0.3 is 19.7 Å². The second-order valence-electron chi connectivity index (χ2n) is 8.20. The predicted molar refractivity (Wildman–Crippen MR) is 136 cm³/mol. The molecule has 0 amide bonds. The minimum atomic E-state index is 0.688. The normalized spacial score (nSPS) is 14.4. The number of rotatable bonds is 7. The number of benzene rings is 1. The Morgan fingerprint density at radius 2 is 1.85 bits per heavy atom. The van der Waals surface area contributed by atoms with Gasteiger partial charge in [-0.25, -0.2) is 15.0 Å². The van der Waals surface area contributed by atoms with Crippen LogP contribution in [0.4, 0.5) is 17.5 Å². The van der Waals surface area contributed by atoms with Crippen LogP contribution in [0.3, 0.4) is 0 Å². The highest BCUT2D eigenvalue weighted by Crippen LogP contribution is 2.30. The molecule has 1 aliphatic rings. The standard InChI is InChI=1S/C24H27N9S/c1-4-22-25-9-10-33(22)18-5-7-19(8-6-18)34-24-27-20(26-21-15-17(2)29-30-21)16-23(28-24)32-13-11-31(3)12-14-32/h4-10,15-16H,1,11-14H2,2-3H3,(H2,26,27,28,29,30). The highest BCUT2D eigenvalue weighted by molar-refractivity contribution is 7.99. The Morgan fingerprint density at radius 1 is 1.06 bits per heavy atom. The molecule has 0 aliphatic carbocycles. The third-order valence-electron chi connectivity index (χ3n) is 5.66. The van der Waals surface area contributed by atoms with Crippen LogP contribution in [0.5, 0.6) is 0 Å². The van der Waals surface area contributed by atoms with E-state index in [1.165, 1.54) is 11.8 Å². The Morgan fingerprint density at radius 3 is 2.56 bits per heavy atom. The van der Waals surface area contributed by atoms with Crippen molar-refractivity contribution < 1.29 is 0 Å². The van der Waals surface area contributed by atoms with Gasteiger partial charge in [0.15, 0.2) is 11.0 Å². The first-order valence-electron chi connectivity index (χ1n) is 11.1. The van der Waals surface area contributed by atoms with Gasteiger partial charge in [-0.3, -0.25) is 5.10 Å². The molecule has 0 radical (unpaired) electrons. The zero-order valence-electron chi connectivity index (χ0n) is 19.3. The molecule has 1 fully saturated rings. The van der Waals surface area contributed by atoms with E-state index in [1.807, 2.05) is 29.8 Å². The molecule has 0 unspecified atom stereocenters. The van der Waals surface area contributed by atoms with Gasteiger partial charge in [-0.05, 0) is 56.1 Å². The Balaban J connectivity index is 1.40. The van der Waals surface area contributed by atoms with Crippen LogP contribution in [0.2, 0.25) is 0 Å². The number of aromatic nitrogens is 6. The van der Waals surface area contributed by atoms with Gasteiger partial charge in [0.2, 0.25) is 0 Å². The highest BCUT2D eigenvalue weighted by Gasteiger charge is 2.18. The summed E-state index contributed by atoms with van der Waals surface area (Å²) in [5.41, 5.74) is 2.02. The van der Waals surface area contributed by atoms with E-state index in [1.54, 1.807) is 12.3 Å². The Hall–Kier alpha value is -3.63. The van der Waals surface area contributed by atoms with E-state index >= 15 is 0 Å². The summed E-state index contributed by atoms with van der Waals surface area (Å²) in [5.74, 6) is 3.20. The summed E-state index contributed by atoms with van der Waals surface area (Å²) in [5, 5.41) is 11.3. The maximum Gasteiger partial charge on any atom is 0.196 e. The first kappa shape index (κ1) is 22.2. The maximum atomic E-state index is 4.89. The van der Waals surface area contributed by atoms with Crippen LogP contribution in [0.25, 0.3) is 11.8 Å². The van der Waals surface area contributed by atoms with Gasteiger partial charge in [0.25, 0.3) is 0 Å². The molecule has 4 aromatic rings. The molecule has 1 saturated heterocycles. The molecule has 3 aromatic heterocycles. The lowest BCUT2D eigenvalue weighted by Gasteiger charge is -2.33. The summed E-state index contributed by atoms with van der Waals surface area (Å²) < 4.78 is 2.00. The number of anilines is 3. The summed E-state index contributed by atoms with van der Waals surface area (Å²) in [6.45, 7) is 9.69. The van der Waals surface area contributed by atoms with Gasteiger partial charge in [-0.1, -0.05) is 6.58 Å². The largest absolute Gasteiger partial charge is 0.354 e. The molecule has 0 atom stereocenters. The average Bonchev–Trinajstić information content (AvgIpc) is 3.48. The van der Waals surface area contributed by atoms with Crippen LogP contribution in [-0.4, -0.2) is 67.8 Å². The lowest BCUT2D eigenvalue weighted by molar-refractivity contribution is 0.312. The molecule has 0 saturated carbocycles. The molecule has 5 rings (SSSR count). The number of H-pyrrole nitrogens is 1. The highest BCUT2D eigenvalue weighted by atomic mass is 32.2. The van der Waals surface area contributed by atoms with Gasteiger partial charge in [0.1, 0.15) is 17.5 Å². The fraction of sp³-hybridized carbons (Fsp3) is 0.250. The number of nitrogens with one attached hydrogen (secondary N) is 2. The van der Waals surface area contributed by atoms with Crippen molar-refractivity contribution in [3.63, 3.8) is 0 Å².